The van der Waals surface area contributed by atoms with Gasteiger partial charge in [-0.15, -0.1) is 0 Å². The van der Waals surface area contributed by atoms with Crippen LogP contribution >= 0.6 is 0 Å². The molecule has 7 nitrogen and oxygen atoms in total. The summed E-state index contributed by atoms with van der Waals surface area (Å²) in [4.78, 5) is 0. The van der Waals surface area contributed by atoms with Crippen LogP contribution in [0.2, 0.25) is 0 Å². The summed E-state index contributed by atoms with van der Waals surface area (Å²) in [5, 5.41) is 12.3. The van der Waals surface area contributed by atoms with Gasteiger partial charge >= 0.3 is 0 Å². The Morgan fingerprint density at radius 1 is 1.00 bits per heavy atom. The molecule has 2 aromatic rings. The first kappa shape index (κ1) is 20.5. The van der Waals surface area contributed by atoms with E-state index in [-0.39, 0.29) is 6.10 Å². The maximum absolute atomic E-state index is 11.1. The van der Waals surface area contributed by atoms with Crippen molar-refractivity contribution in [1.82, 2.24) is 5.06 Å². The van der Waals surface area contributed by atoms with Crippen LogP contribution in [0, 0.1) is 0 Å². The van der Waals surface area contributed by atoms with Crippen LogP contribution in [0.5, 0.6) is 0 Å². The number of benzene rings is 1. The van der Waals surface area contributed by atoms with E-state index in [1.807, 2.05) is 64.1 Å². The monoisotopic (exact) mass is 403 g/mol. The van der Waals surface area contributed by atoms with Crippen molar-refractivity contribution in [1.29, 1.82) is 0 Å². The largest absolute Gasteiger partial charge is 0.467 e. The van der Waals surface area contributed by atoms with Gasteiger partial charge in [0.15, 0.2) is 11.6 Å². The van der Waals surface area contributed by atoms with Crippen LogP contribution in [0.15, 0.2) is 53.1 Å². The Hall–Kier alpha value is -1.74. The molecule has 2 fully saturated rings. The number of hydrogen-bond donors (Lipinski definition) is 1. The topological polar surface area (TPSA) is 73.5 Å². The van der Waals surface area contributed by atoms with E-state index in [4.69, 9.17) is 23.4 Å². The van der Waals surface area contributed by atoms with Gasteiger partial charge in [0.2, 0.25) is 0 Å². The molecule has 1 N–H and O–H groups in total. The summed E-state index contributed by atoms with van der Waals surface area (Å²) in [6.45, 7) is 8.18. The fraction of sp³-hybridized carbons (Fsp3) is 0.545. The third-order valence-electron chi connectivity index (χ3n) is 5.21. The molecule has 0 radical (unpaired) electrons. The van der Waals surface area contributed by atoms with Gasteiger partial charge in [0.25, 0.3) is 0 Å². The van der Waals surface area contributed by atoms with E-state index in [1.165, 1.54) is 5.06 Å². The Morgan fingerprint density at radius 3 is 2.38 bits per heavy atom. The Kier molecular flexibility index (Phi) is 5.54. The highest BCUT2D eigenvalue weighted by atomic mass is 16.8. The van der Waals surface area contributed by atoms with Crippen molar-refractivity contribution in [3.05, 3.63) is 60.1 Å². The molecule has 2 aliphatic rings. The lowest BCUT2D eigenvalue weighted by Crippen LogP contribution is -2.45. The zero-order valence-electron chi connectivity index (χ0n) is 17.3. The molecule has 4 rings (SSSR count). The smallest absolute Gasteiger partial charge is 0.163 e. The fourth-order valence-electron chi connectivity index (χ4n) is 4.03. The molecule has 0 spiro atoms. The molecular weight excluding hydrogens is 374 g/mol. The highest BCUT2D eigenvalue weighted by Crippen LogP contribution is 2.42. The summed E-state index contributed by atoms with van der Waals surface area (Å²) in [7, 11) is 0. The fourth-order valence-corrected chi connectivity index (χ4v) is 4.03. The summed E-state index contributed by atoms with van der Waals surface area (Å²) in [6.07, 6.45) is 0.312. The number of ether oxygens (including phenoxy) is 4. The number of hydroxylamine groups is 2. The summed E-state index contributed by atoms with van der Waals surface area (Å²) in [6, 6.07) is 12.8. The van der Waals surface area contributed by atoms with Crippen LogP contribution < -0.4 is 0 Å². The summed E-state index contributed by atoms with van der Waals surface area (Å²) >= 11 is 0. The van der Waals surface area contributed by atoms with Gasteiger partial charge in [-0.1, -0.05) is 30.3 Å². The second kappa shape index (κ2) is 7.83. The molecule has 0 aliphatic carbocycles. The SMILES string of the molecule is CC1(C)O[C@H]([C@@H](c2ccco2)N(O)Cc2ccccc2)[C@@H]([C@H]2COC(C)(C)O2)O1. The van der Waals surface area contributed by atoms with Gasteiger partial charge in [-0.25, -0.2) is 0 Å². The first-order valence-corrected chi connectivity index (χ1v) is 9.94. The van der Waals surface area contributed by atoms with E-state index in [9.17, 15) is 5.21 Å². The number of furan rings is 1. The summed E-state index contributed by atoms with van der Waals surface area (Å²) in [5.41, 5.74) is 0.975. The van der Waals surface area contributed by atoms with E-state index in [1.54, 1.807) is 12.3 Å². The average molecular weight is 403 g/mol. The first-order valence-electron chi connectivity index (χ1n) is 9.94. The standard InChI is InChI=1S/C22H29NO6/c1-21(2)26-14-17(27-21)19-20(29-22(3,4)28-19)18(16-11-8-12-25-16)23(24)13-15-9-6-5-7-10-15/h5-12,17-20,24H,13-14H2,1-4H3/t17-,18-,19-,20-/m1/s1. The normalized spacial score (nSPS) is 29.4. The minimum Gasteiger partial charge on any atom is -0.467 e. The number of hydrogen-bond acceptors (Lipinski definition) is 7. The van der Waals surface area contributed by atoms with E-state index in [0.717, 1.165) is 5.56 Å². The Labute approximate surface area is 171 Å². The van der Waals surface area contributed by atoms with Crippen LogP contribution in [-0.2, 0) is 25.5 Å². The highest BCUT2D eigenvalue weighted by molar-refractivity contribution is 5.16. The van der Waals surface area contributed by atoms with Gasteiger partial charge in [0.1, 0.15) is 30.1 Å². The number of rotatable bonds is 6. The van der Waals surface area contributed by atoms with Crippen molar-refractivity contribution < 1.29 is 28.6 Å². The zero-order valence-corrected chi connectivity index (χ0v) is 17.3. The molecule has 2 aliphatic heterocycles. The van der Waals surface area contributed by atoms with Crippen molar-refractivity contribution in [2.75, 3.05) is 6.61 Å². The summed E-state index contributed by atoms with van der Waals surface area (Å²) < 4.78 is 30.0. The van der Waals surface area contributed by atoms with Crippen molar-refractivity contribution in [3.63, 3.8) is 0 Å². The lowest BCUT2D eigenvalue weighted by molar-refractivity contribution is -0.194. The molecular formula is C22H29NO6. The molecule has 1 aromatic carbocycles. The van der Waals surface area contributed by atoms with Crippen molar-refractivity contribution in [2.45, 2.75) is 70.2 Å². The zero-order chi connectivity index (χ0) is 20.6. The minimum atomic E-state index is -0.830. The van der Waals surface area contributed by atoms with Crippen LogP contribution in [0.1, 0.15) is 45.1 Å². The van der Waals surface area contributed by atoms with Gasteiger partial charge in [0.05, 0.1) is 12.9 Å². The van der Waals surface area contributed by atoms with E-state index < -0.39 is 29.8 Å². The van der Waals surface area contributed by atoms with Crippen LogP contribution in [0.3, 0.4) is 0 Å². The highest BCUT2D eigenvalue weighted by Gasteiger charge is 2.54. The third kappa shape index (κ3) is 4.55. The molecule has 0 saturated carbocycles. The third-order valence-corrected chi connectivity index (χ3v) is 5.21. The second-order valence-corrected chi connectivity index (χ2v) is 8.48. The molecule has 158 valence electrons. The molecule has 4 atom stereocenters. The van der Waals surface area contributed by atoms with Gasteiger partial charge in [-0.3, -0.25) is 0 Å². The quantitative estimate of drug-likeness (QED) is 0.734. The lowest BCUT2D eigenvalue weighted by Gasteiger charge is -2.32. The van der Waals surface area contributed by atoms with Gasteiger partial charge < -0.3 is 28.6 Å². The van der Waals surface area contributed by atoms with Crippen molar-refractivity contribution in [2.24, 2.45) is 0 Å². The molecule has 29 heavy (non-hydrogen) atoms. The maximum atomic E-state index is 11.1. The molecule has 1 aromatic heterocycles. The lowest BCUT2D eigenvalue weighted by atomic mass is 9.98. The van der Waals surface area contributed by atoms with Crippen molar-refractivity contribution >= 4 is 0 Å². The molecule has 2 saturated heterocycles. The Bertz CT molecular complexity index is 791. The van der Waals surface area contributed by atoms with Crippen LogP contribution in [0.25, 0.3) is 0 Å². The number of nitrogens with zero attached hydrogens (tertiary/aromatic N) is 1. The van der Waals surface area contributed by atoms with E-state index in [0.29, 0.717) is 18.9 Å². The van der Waals surface area contributed by atoms with Gasteiger partial charge in [-0.05, 0) is 45.4 Å². The predicted octanol–water partition coefficient (Wildman–Crippen LogP) is 3.88. The molecule has 7 heteroatoms. The predicted molar refractivity (Wildman–Crippen MR) is 104 cm³/mol. The van der Waals surface area contributed by atoms with E-state index in [2.05, 4.69) is 0 Å². The minimum absolute atomic E-state index is 0.312. The molecule has 0 unspecified atom stereocenters. The first-order chi connectivity index (χ1) is 13.7. The van der Waals surface area contributed by atoms with Crippen LogP contribution in [-0.4, -0.2) is 46.8 Å². The van der Waals surface area contributed by atoms with Crippen molar-refractivity contribution in [3.8, 4) is 0 Å². The second-order valence-electron chi connectivity index (χ2n) is 8.48. The summed E-state index contributed by atoms with van der Waals surface area (Å²) in [5.74, 6) is -0.920. The molecule has 0 amide bonds. The molecule has 0 bridgehead atoms. The van der Waals surface area contributed by atoms with Crippen LogP contribution in [0.4, 0.5) is 0 Å². The maximum Gasteiger partial charge on any atom is 0.163 e. The Balaban J connectivity index is 1.63. The van der Waals surface area contributed by atoms with Gasteiger partial charge in [-0.2, -0.15) is 5.06 Å². The Morgan fingerprint density at radius 2 is 1.76 bits per heavy atom. The van der Waals surface area contributed by atoms with Gasteiger partial charge in [0, 0.05) is 6.54 Å². The van der Waals surface area contributed by atoms with E-state index >= 15 is 0 Å². The molecule has 3 heterocycles. The average Bonchev–Trinajstić information content (AvgIpc) is 3.36.